The summed E-state index contributed by atoms with van der Waals surface area (Å²) in [5, 5.41) is 11.8. The highest BCUT2D eigenvalue weighted by molar-refractivity contribution is 7.99. The molecule has 6 rings (SSSR count). The molecule has 0 spiro atoms. The summed E-state index contributed by atoms with van der Waals surface area (Å²) in [7, 11) is 0. The van der Waals surface area contributed by atoms with Gasteiger partial charge in [0, 0.05) is 11.4 Å². The van der Waals surface area contributed by atoms with Crippen LogP contribution < -0.4 is 11.2 Å². The molecule has 5 aromatic rings. The minimum atomic E-state index is -0.685. The van der Waals surface area contributed by atoms with E-state index in [4.69, 9.17) is 8.83 Å². The number of benzene rings is 2. The molecule has 0 aliphatic heterocycles. The number of hydrogen-bond acceptors (Lipinski definition) is 7. The second-order valence-corrected chi connectivity index (χ2v) is 8.20. The van der Waals surface area contributed by atoms with Crippen molar-refractivity contribution in [2.75, 3.05) is 0 Å². The molecule has 30 heavy (non-hydrogen) atoms. The maximum Gasteiger partial charge on any atom is 0.349 e. The molecule has 0 saturated heterocycles. The largest absolute Gasteiger partial charge is 0.506 e. The molecule has 0 radical (unpaired) electrons. The van der Waals surface area contributed by atoms with Crippen molar-refractivity contribution in [3.63, 3.8) is 0 Å². The summed E-state index contributed by atoms with van der Waals surface area (Å²) in [5.41, 5.74) is 0.957. The van der Waals surface area contributed by atoms with Gasteiger partial charge in [0.1, 0.15) is 21.4 Å². The van der Waals surface area contributed by atoms with Crippen LogP contribution >= 0.6 is 11.8 Å². The van der Waals surface area contributed by atoms with Gasteiger partial charge < -0.3 is 18.5 Å². The van der Waals surface area contributed by atoms with E-state index in [1.807, 2.05) is 18.2 Å². The quantitative estimate of drug-likeness (QED) is 0.342. The first-order chi connectivity index (χ1) is 14.6. The number of aromatic hydroxyl groups is 1. The fourth-order valence-corrected chi connectivity index (χ4v) is 4.61. The highest BCUT2D eigenvalue weighted by Gasteiger charge is 2.32. The summed E-state index contributed by atoms with van der Waals surface area (Å²) in [5.74, 6) is -0.404. The summed E-state index contributed by atoms with van der Waals surface area (Å²) in [6.45, 7) is 0. The zero-order valence-corrected chi connectivity index (χ0v) is 16.3. The first kappa shape index (κ1) is 17.3. The van der Waals surface area contributed by atoms with Crippen molar-refractivity contribution >= 4 is 44.7 Å². The van der Waals surface area contributed by atoms with Crippen molar-refractivity contribution in [1.29, 1.82) is 0 Å². The zero-order chi connectivity index (χ0) is 20.4. The Kier molecular flexibility index (Phi) is 3.61. The second kappa shape index (κ2) is 6.24. The minimum absolute atomic E-state index is 0.00110. The van der Waals surface area contributed by atoms with Crippen LogP contribution in [0.15, 0.2) is 77.1 Å². The van der Waals surface area contributed by atoms with Crippen LogP contribution in [-0.2, 0) is 0 Å². The summed E-state index contributed by atoms with van der Waals surface area (Å²) >= 11 is 0.913. The number of nitrogens with zero attached hydrogens (tertiary/aromatic N) is 2. The molecule has 0 unspecified atom stereocenters. The van der Waals surface area contributed by atoms with Gasteiger partial charge in [-0.05, 0) is 48.9 Å². The van der Waals surface area contributed by atoms with Crippen molar-refractivity contribution in [2.45, 2.75) is 29.0 Å². The van der Waals surface area contributed by atoms with Crippen LogP contribution in [-0.4, -0.2) is 14.7 Å². The fraction of sp³-hybridized carbons (Fsp3) is 0.136. The molecule has 1 saturated carbocycles. The van der Waals surface area contributed by atoms with Crippen LogP contribution in [0.25, 0.3) is 33.0 Å². The first-order valence-electron chi connectivity index (χ1n) is 9.48. The third-order valence-corrected chi connectivity index (χ3v) is 6.19. The average Bonchev–Trinajstić information content (AvgIpc) is 3.49. The van der Waals surface area contributed by atoms with E-state index in [-0.39, 0.29) is 27.1 Å². The van der Waals surface area contributed by atoms with Gasteiger partial charge in [-0.25, -0.2) is 9.78 Å². The molecule has 0 amide bonds. The minimum Gasteiger partial charge on any atom is -0.506 e. The molecule has 148 valence electrons. The normalized spacial score (nSPS) is 14.1. The van der Waals surface area contributed by atoms with Crippen molar-refractivity contribution in [1.82, 2.24) is 9.55 Å². The van der Waals surface area contributed by atoms with E-state index in [9.17, 15) is 14.7 Å². The molecule has 8 heteroatoms. The summed E-state index contributed by atoms with van der Waals surface area (Å²) in [6.07, 6.45) is 1.67. The van der Waals surface area contributed by atoms with Crippen LogP contribution in [0.4, 0.5) is 0 Å². The highest BCUT2D eigenvalue weighted by atomic mass is 32.2. The number of oxazole rings is 1. The lowest BCUT2D eigenvalue weighted by Gasteiger charge is -2.14. The average molecular weight is 418 g/mol. The van der Waals surface area contributed by atoms with Crippen LogP contribution in [0.3, 0.4) is 0 Å². The van der Waals surface area contributed by atoms with Gasteiger partial charge in [0.2, 0.25) is 0 Å². The Bertz CT molecular complexity index is 1560. The lowest BCUT2D eigenvalue weighted by atomic mass is 10.1. The van der Waals surface area contributed by atoms with Crippen molar-refractivity contribution in [3.8, 4) is 5.75 Å². The SMILES string of the molecule is O=c1oc2ccccc2c2c1c(O)c(Sc1nc3ccccc3o1)c(=O)n2C1CC1. The van der Waals surface area contributed by atoms with E-state index >= 15 is 0 Å². The Morgan fingerprint density at radius 2 is 1.73 bits per heavy atom. The fourth-order valence-electron chi connectivity index (χ4n) is 3.77. The van der Waals surface area contributed by atoms with Gasteiger partial charge in [-0.1, -0.05) is 24.3 Å². The molecule has 1 fully saturated rings. The summed E-state index contributed by atoms with van der Waals surface area (Å²) in [6, 6.07) is 14.2. The number of aromatic nitrogens is 2. The van der Waals surface area contributed by atoms with Crippen molar-refractivity contribution < 1.29 is 13.9 Å². The van der Waals surface area contributed by atoms with Gasteiger partial charge in [-0.2, -0.15) is 0 Å². The Morgan fingerprint density at radius 3 is 2.50 bits per heavy atom. The predicted octanol–water partition coefficient (Wildman–Crippen LogP) is 4.44. The molecular formula is C22H14N2O5S. The molecular weight excluding hydrogens is 404 g/mol. The van der Waals surface area contributed by atoms with Crippen molar-refractivity contribution in [2.24, 2.45) is 0 Å². The Hall–Kier alpha value is -3.52. The number of rotatable bonds is 3. The lowest BCUT2D eigenvalue weighted by Crippen LogP contribution is -2.23. The second-order valence-electron chi connectivity index (χ2n) is 7.24. The third-order valence-electron chi connectivity index (χ3n) is 5.27. The summed E-state index contributed by atoms with van der Waals surface area (Å²) in [4.78, 5) is 30.6. The Balaban J connectivity index is 1.67. The molecule has 0 atom stereocenters. The molecule has 3 aromatic heterocycles. The van der Waals surface area contributed by atoms with Gasteiger partial charge in [-0.15, -0.1) is 0 Å². The zero-order valence-electron chi connectivity index (χ0n) is 15.5. The van der Waals surface area contributed by atoms with Crippen LogP contribution in [0.2, 0.25) is 0 Å². The first-order valence-corrected chi connectivity index (χ1v) is 10.3. The van der Waals surface area contributed by atoms with Crippen LogP contribution in [0, 0.1) is 0 Å². The number of para-hydroxylation sites is 3. The number of pyridine rings is 1. The van der Waals surface area contributed by atoms with Gasteiger partial charge in [0.15, 0.2) is 11.3 Å². The monoisotopic (exact) mass is 418 g/mol. The Morgan fingerprint density at radius 1 is 1.00 bits per heavy atom. The van der Waals surface area contributed by atoms with Gasteiger partial charge in [0.25, 0.3) is 10.8 Å². The molecule has 1 aliphatic carbocycles. The Labute approximate surface area is 172 Å². The summed E-state index contributed by atoms with van der Waals surface area (Å²) < 4.78 is 12.7. The van der Waals surface area contributed by atoms with E-state index in [1.54, 1.807) is 34.9 Å². The smallest absolute Gasteiger partial charge is 0.349 e. The topological polar surface area (TPSA) is 98.5 Å². The third kappa shape index (κ3) is 2.50. The molecule has 1 aliphatic rings. The maximum absolute atomic E-state index is 13.4. The van der Waals surface area contributed by atoms with Gasteiger partial charge >= 0.3 is 5.63 Å². The van der Waals surface area contributed by atoms with Crippen molar-refractivity contribution in [3.05, 3.63) is 69.3 Å². The van der Waals surface area contributed by atoms with E-state index < -0.39 is 11.4 Å². The van der Waals surface area contributed by atoms with Gasteiger partial charge in [0.05, 0.1) is 5.52 Å². The molecule has 0 bridgehead atoms. The predicted molar refractivity (Wildman–Crippen MR) is 112 cm³/mol. The molecule has 7 nitrogen and oxygen atoms in total. The molecule has 2 aromatic carbocycles. The van der Waals surface area contributed by atoms with Crippen LogP contribution in [0.5, 0.6) is 5.75 Å². The molecule has 3 heterocycles. The number of fused-ring (bicyclic) bond motifs is 4. The van der Waals surface area contributed by atoms with Crippen LogP contribution in [0.1, 0.15) is 18.9 Å². The lowest BCUT2D eigenvalue weighted by molar-refractivity contribution is 0.457. The van der Waals surface area contributed by atoms with E-state index in [1.165, 1.54) is 0 Å². The van der Waals surface area contributed by atoms with E-state index in [0.29, 0.717) is 27.6 Å². The molecule has 1 N–H and O–H groups in total. The highest BCUT2D eigenvalue weighted by Crippen LogP contribution is 2.42. The van der Waals surface area contributed by atoms with Gasteiger partial charge in [-0.3, -0.25) is 4.79 Å². The maximum atomic E-state index is 13.4. The standard InChI is InChI=1S/C22H14N2O5S/c25-18-16-17(12-5-1-3-7-14(12)28-21(16)27)24(11-9-10-11)20(26)19(18)30-22-23-13-6-2-4-8-15(13)29-22/h1-8,11,25H,9-10H2. The van der Waals surface area contributed by atoms with E-state index in [2.05, 4.69) is 4.98 Å². The number of hydrogen-bond donors (Lipinski definition) is 1. The van der Waals surface area contributed by atoms with E-state index in [0.717, 1.165) is 24.6 Å².